The largest absolute Gasteiger partial charge is 0.433 e. The van der Waals surface area contributed by atoms with Gasteiger partial charge in [-0.2, -0.15) is 0 Å². The molecule has 0 bridgehead atoms. The highest BCUT2D eigenvalue weighted by molar-refractivity contribution is 5.81. The standard InChI is InChI=1S/C10H18O3/c1-3-5-6-7-8-10(12)13-9(11)4-2/h4,10,12H,2-3,5-8H2,1H3. The number of unbranched alkanes of at least 4 members (excludes halogenated alkanes) is 3. The molecule has 76 valence electrons. The van der Waals surface area contributed by atoms with E-state index in [1.54, 1.807) is 0 Å². The Hall–Kier alpha value is -0.830. The highest BCUT2D eigenvalue weighted by Gasteiger charge is 2.06. The first-order valence-electron chi connectivity index (χ1n) is 4.71. The zero-order valence-electron chi connectivity index (χ0n) is 8.16. The normalized spacial score (nSPS) is 12.2. The summed E-state index contributed by atoms with van der Waals surface area (Å²) in [5, 5.41) is 9.16. The molecule has 0 saturated heterocycles. The Morgan fingerprint density at radius 2 is 2.23 bits per heavy atom. The second-order valence-corrected chi connectivity index (χ2v) is 2.94. The lowest BCUT2D eigenvalue weighted by atomic mass is 10.1. The summed E-state index contributed by atoms with van der Waals surface area (Å²) in [5.74, 6) is -0.567. The van der Waals surface area contributed by atoms with Crippen LogP contribution in [0.25, 0.3) is 0 Å². The topological polar surface area (TPSA) is 46.5 Å². The van der Waals surface area contributed by atoms with Crippen molar-refractivity contribution in [3.63, 3.8) is 0 Å². The molecule has 0 aliphatic carbocycles. The Bertz CT molecular complexity index is 154. The number of aliphatic hydroxyl groups is 1. The second-order valence-electron chi connectivity index (χ2n) is 2.94. The summed E-state index contributed by atoms with van der Waals surface area (Å²) in [6.07, 6.45) is 4.86. The molecular weight excluding hydrogens is 168 g/mol. The van der Waals surface area contributed by atoms with Crippen LogP contribution in [0.3, 0.4) is 0 Å². The maximum absolute atomic E-state index is 10.6. The number of hydrogen-bond donors (Lipinski definition) is 1. The van der Waals surface area contributed by atoms with E-state index in [0.29, 0.717) is 6.42 Å². The number of carbonyl (C=O) groups excluding carboxylic acids is 1. The molecule has 1 N–H and O–H groups in total. The van der Waals surface area contributed by atoms with Gasteiger partial charge < -0.3 is 9.84 Å². The highest BCUT2D eigenvalue weighted by Crippen LogP contribution is 2.06. The van der Waals surface area contributed by atoms with Crippen molar-refractivity contribution in [3.8, 4) is 0 Å². The van der Waals surface area contributed by atoms with Gasteiger partial charge in [-0.1, -0.05) is 32.8 Å². The fourth-order valence-electron chi connectivity index (χ4n) is 0.987. The van der Waals surface area contributed by atoms with Crippen LogP contribution in [0.1, 0.15) is 39.0 Å². The fraction of sp³-hybridized carbons (Fsp3) is 0.700. The Balaban J connectivity index is 3.34. The van der Waals surface area contributed by atoms with Gasteiger partial charge in [0.25, 0.3) is 0 Å². The van der Waals surface area contributed by atoms with Crippen LogP contribution >= 0.6 is 0 Å². The van der Waals surface area contributed by atoms with Gasteiger partial charge in [-0.15, -0.1) is 0 Å². The molecule has 0 spiro atoms. The number of carbonyl (C=O) groups is 1. The minimum Gasteiger partial charge on any atom is -0.433 e. The van der Waals surface area contributed by atoms with Gasteiger partial charge in [0.15, 0.2) is 0 Å². The van der Waals surface area contributed by atoms with Crippen LogP contribution in [0.5, 0.6) is 0 Å². The summed E-state index contributed by atoms with van der Waals surface area (Å²) >= 11 is 0. The smallest absolute Gasteiger partial charge is 0.332 e. The van der Waals surface area contributed by atoms with Gasteiger partial charge >= 0.3 is 5.97 Å². The van der Waals surface area contributed by atoms with Gasteiger partial charge in [0.05, 0.1) is 0 Å². The fourth-order valence-corrected chi connectivity index (χ4v) is 0.987. The number of ether oxygens (including phenoxy) is 1. The molecule has 3 heteroatoms. The minimum atomic E-state index is -0.970. The quantitative estimate of drug-likeness (QED) is 0.286. The maximum atomic E-state index is 10.6. The van der Waals surface area contributed by atoms with Crippen molar-refractivity contribution in [1.82, 2.24) is 0 Å². The molecule has 1 unspecified atom stereocenters. The molecule has 0 amide bonds. The van der Waals surface area contributed by atoms with E-state index in [1.807, 2.05) is 0 Å². The summed E-state index contributed by atoms with van der Waals surface area (Å²) in [5.41, 5.74) is 0. The lowest BCUT2D eigenvalue weighted by Crippen LogP contribution is -2.15. The van der Waals surface area contributed by atoms with Gasteiger partial charge in [0.2, 0.25) is 6.29 Å². The molecule has 0 radical (unpaired) electrons. The zero-order valence-corrected chi connectivity index (χ0v) is 8.16. The van der Waals surface area contributed by atoms with E-state index in [4.69, 9.17) is 5.11 Å². The van der Waals surface area contributed by atoms with Gasteiger partial charge in [0, 0.05) is 12.5 Å². The molecular formula is C10H18O3. The third-order valence-electron chi connectivity index (χ3n) is 1.72. The molecule has 1 atom stereocenters. The van der Waals surface area contributed by atoms with E-state index in [-0.39, 0.29) is 0 Å². The first-order valence-corrected chi connectivity index (χ1v) is 4.71. The monoisotopic (exact) mass is 186 g/mol. The lowest BCUT2D eigenvalue weighted by molar-refractivity contribution is -0.162. The number of hydrogen-bond acceptors (Lipinski definition) is 3. The summed E-state index contributed by atoms with van der Waals surface area (Å²) in [4.78, 5) is 10.6. The van der Waals surface area contributed by atoms with E-state index < -0.39 is 12.3 Å². The van der Waals surface area contributed by atoms with Crippen LogP contribution in [0.4, 0.5) is 0 Å². The van der Waals surface area contributed by atoms with Crippen molar-refractivity contribution in [3.05, 3.63) is 12.7 Å². The molecule has 0 aromatic carbocycles. The van der Waals surface area contributed by atoms with Crippen molar-refractivity contribution < 1.29 is 14.6 Å². The Labute approximate surface area is 79.4 Å². The summed E-state index contributed by atoms with van der Waals surface area (Å²) < 4.78 is 4.58. The Kier molecular flexibility index (Phi) is 7.30. The summed E-state index contributed by atoms with van der Waals surface area (Å²) in [6, 6.07) is 0. The van der Waals surface area contributed by atoms with E-state index >= 15 is 0 Å². The van der Waals surface area contributed by atoms with E-state index in [2.05, 4.69) is 18.2 Å². The van der Waals surface area contributed by atoms with Crippen molar-refractivity contribution in [2.45, 2.75) is 45.3 Å². The molecule has 0 saturated carbocycles. The number of esters is 1. The number of rotatable bonds is 7. The van der Waals surface area contributed by atoms with Gasteiger partial charge in [-0.3, -0.25) is 0 Å². The molecule has 0 aromatic rings. The van der Waals surface area contributed by atoms with Crippen LogP contribution in [0.2, 0.25) is 0 Å². The SMILES string of the molecule is C=CC(=O)OC(O)CCCCCC. The molecule has 0 rings (SSSR count). The van der Waals surface area contributed by atoms with Crippen molar-refractivity contribution in [1.29, 1.82) is 0 Å². The molecule has 0 heterocycles. The summed E-state index contributed by atoms with van der Waals surface area (Å²) in [6.45, 7) is 5.36. The third-order valence-corrected chi connectivity index (χ3v) is 1.72. The van der Waals surface area contributed by atoms with Crippen LogP contribution in [0, 0.1) is 0 Å². The van der Waals surface area contributed by atoms with Gasteiger partial charge in [0.1, 0.15) is 0 Å². The van der Waals surface area contributed by atoms with Crippen LogP contribution < -0.4 is 0 Å². The summed E-state index contributed by atoms with van der Waals surface area (Å²) in [7, 11) is 0. The highest BCUT2D eigenvalue weighted by atomic mass is 16.6. The van der Waals surface area contributed by atoms with Crippen LogP contribution in [-0.4, -0.2) is 17.4 Å². The van der Waals surface area contributed by atoms with Crippen LogP contribution in [-0.2, 0) is 9.53 Å². The van der Waals surface area contributed by atoms with Crippen molar-refractivity contribution in [2.24, 2.45) is 0 Å². The number of aliphatic hydroxyl groups excluding tert-OH is 1. The van der Waals surface area contributed by atoms with E-state index in [0.717, 1.165) is 31.8 Å². The van der Waals surface area contributed by atoms with Crippen molar-refractivity contribution in [2.75, 3.05) is 0 Å². The average Bonchev–Trinajstić information content (AvgIpc) is 2.12. The van der Waals surface area contributed by atoms with E-state index in [1.165, 1.54) is 0 Å². The first kappa shape index (κ1) is 12.2. The van der Waals surface area contributed by atoms with Gasteiger partial charge in [-0.25, -0.2) is 4.79 Å². The average molecular weight is 186 g/mol. The Morgan fingerprint density at radius 1 is 1.54 bits per heavy atom. The van der Waals surface area contributed by atoms with E-state index in [9.17, 15) is 4.79 Å². The predicted molar refractivity (Wildman–Crippen MR) is 51.1 cm³/mol. The second kappa shape index (κ2) is 7.80. The minimum absolute atomic E-state index is 0.513. The molecule has 0 aliphatic rings. The molecule has 3 nitrogen and oxygen atoms in total. The molecule has 13 heavy (non-hydrogen) atoms. The molecule has 0 fully saturated rings. The molecule has 0 aliphatic heterocycles. The zero-order chi connectivity index (χ0) is 10.1. The maximum Gasteiger partial charge on any atom is 0.332 e. The first-order chi connectivity index (χ1) is 6.20. The lowest BCUT2D eigenvalue weighted by Gasteiger charge is -2.09. The van der Waals surface area contributed by atoms with Crippen LogP contribution in [0.15, 0.2) is 12.7 Å². The van der Waals surface area contributed by atoms with Crippen molar-refractivity contribution >= 4 is 5.97 Å². The Morgan fingerprint density at radius 3 is 2.77 bits per heavy atom. The molecule has 0 aromatic heterocycles. The van der Waals surface area contributed by atoms with Gasteiger partial charge in [-0.05, 0) is 6.42 Å². The third kappa shape index (κ3) is 7.53. The predicted octanol–water partition coefficient (Wildman–Crippen LogP) is 2.00.